The van der Waals surface area contributed by atoms with Crippen molar-refractivity contribution in [2.45, 2.75) is 17.7 Å². The molecule has 0 bridgehead atoms. The van der Waals surface area contributed by atoms with Gasteiger partial charge in [-0.25, -0.2) is 12.7 Å². The van der Waals surface area contributed by atoms with Crippen LogP contribution in [0.5, 0.6) is 0 Å². The number of rotatable bonds is 2. The second-order valence-electron chi connectivity index (χ2n) is 5.80. The van der Waals surface area contributed by atoms with E-state index in [1.165, 1.54) is 10.5 Å². The van der Waals surface area contributed by atoms with E-state index in [1.807, 2.05) is 31.2 Å². The van der Waals surface area contributed by atoms with Crippen molar-refractivity contribution in [3.8, 4) is 0 Å². The van der Waals surface area contributed by atoms with Crippen LogP contribution < -0.4 is 0 Å². The molecule has 0 amide bonds. The highest BCUT2D eigenvalue weighted by Gasteiger charge is 2.51. The summed E-state index contributed by atoms with van der Waals surface area (Å²) in [6.07, 6.45) is 3.28. The summed E-state index contributed by atoms with van der Waals surface area (Å²) in [5.74, 6) is -1.44. The zero-order valence-corrected chi connectivity index (χ0v) is 14.0. The quantitative estimate of drug-likeness (QED) is 0.841. The summed E-state index contributed by atoms with van der Waals surface area (Å²) >= 11 is 0. The zero-order valence-electron chi connectivity index (χ0n) is 13.2. The largest absolute Gasteiger partial charge is 0.326 e. The number of hydrogen-bond acceptors (Lipinski definition) is 4. The molecule has 0 unspecified atom stereocenters. The zero-order chi connectivity index (χ0) is 16.8. The third kappa shape index (κ3) is 2.18. The van der Waals surface area contributed by atoms with E-state index in [0.717, 1.165) is 11.1 Å². The molecule has 0 N–H and O–H groups in total. The molecule has 24 heavy (non-hydrogen) atoms. The molecule has 0 atom stereocenters. The highest BCUT2D eigenvalue weighted by molar-refractivity contribution is 7.89. The van der Waals surface area contributed by atoms with Gasteiger partial charge in [0.05, 0.1) is 18.1 Å². The van der Waals surface area contributed by atoms with E-state index in [9.17, 15) is 8.42 Å². The molecule has 1 spiro atoms. The van der Waals surface area contributed by atoms with Gasteiger partial charge in [-0.15, -0.1) is 0 Å². The minimum absolute atomic E-state index is 0.204. The minimum Gasteiger partial charge on any atom is -0.326 e. The lowest BCUT2D eigenvalue weighted by Gasteiger charge is -2.40. The molecule has 6 heteroatoms. The Labute approximate surface area is 141 Å². The molecule has 2 aromatic rings. The second-order valence-corrected chi connectivity index (χ2v) is 7.61. The third-order valence-electron chi connectivity index (χ3n) is 4.24. The summed E-state index contributed by atoms with van der Waals surface area (Å²) in [5.41, 5.74) is 2.58. The van der Waals surface area contributed by atoms with E-state index >= 15 is 0 Å². The van der Waals surface area contributed by atoms with E-state index in [-0.39, 0.29) is 4.90 Å². The van der Waals surface area contributed by atoms with Crippen molar-refractivity contribution in [2.24, 2.45) is 0 Å². The highest BCUT2D eigenvalue weighted by Crippen LogP contribution is 2.43. The van der Waals surface area contributed by atoms with E-state index in [1.54, 1.807) is 30.3 Å². The lowest BCUT2D eigenvalue weighted by Crippen LogP contribution is -2.49. The number of nitrogens with zero attached hydrogens (tertiary/aromatic N) is 1. The molecule has 0 radical (unpaired) electrons. The van der Waals surface area contributed by atoms with Crippen LogP contribution in [-0.2, 0) is 25.4 Å². The van der Waals surface area contributed by atoms with Gasteiger partial charge in [0.1, 0.15) is 0 Å². The molecular formula is C18H17NO4S. The van der Waals surface area contributed by atoms with Gasteiger partial charge >= 0.3 is 0 Å². The topological polar surface area (TPSA) is 55.8 Å². The summed E-state index contributed by atoms with van der Waals surface area (Å²) in [5, 5.41) is 0. The molecule has 0 aromatic heterocycles. The Hall–Kier alpha value is -2.15. The van der Waals surface area contributed by atoms with Gasteiger partial charge in [0.2, 0.25) is 0 Å². The van der Waals surface area contributed by atoms with Crippen molar-refractivity contribution in [1.82, 2.24) is 4.31 Å². The van der Waals surface area contributed by atoms with Crippen molar-refractivity contribution in [3.05, 3.63) is 71.4 Å². The SMILES string of the molecule is Cc1ccc(S(=O)(=O)N2C=Cc3ccccc3C23OCCO3)cc1. The molecule has 2 aliphatic heterocycles. The first-order valence-electron chi connectivity index (χ1n) is 7.71. The molecule has 5 nitrogen and oxygen atoms in total. The lowest BCUT2D eigenvalue weighted by molar-refractivity contribution is -0.226. The maximum atomic E-state index is 13.2. The molecule has 2 heterocycles. The average molecular weight is 343 g/mol. The number of sulfonamides is 1. The van der Waals surface area contributed by atoms with Gasteiger partial charge in [-0.3, -0.25) is 0 Å². The summed E-state index contributed by atoms with van der Waals surface area (Å²) in [6, 6.07) is 14.2. The van der Waals surface area contributed by atoms with E-state index in [2.05, 4.69) is 0 Å². The molecule has 0 saturated carbocycles. The Bertz CT molecular complexity index is 897. The monoisotopic (exact) mass is 343 g/mol. The summed E-state index contributed by atoms with van der Waals surface area (Å²) < 4.78 is 39.2. The maximum absolute atomic E-state index is 13.2. The first-order chi connectivity index (χ1) is 11.5. The first-order valence-corrected chi connectivity index (χ1v) is 9.15. The average Bonchev–Trinajstić information content (AvgIpc) is 3.05. The fourth-order valence-corrected chi connectivity index (χ4v) is 4.49. The van der Waals surface area contributed by atoms with Crippen LogP contribution in [0.15, 0.2) is 59.6 Å². The second kappa shape index (κ2) is 5.44. The van der Waals surface area contributed by atoms with Crippen LogP contribution in [0.1, 0.15) is 16.7 Å². The van der Waals surface area contributed by atoms with Gasteiger partial charge in [-0.1, -0.05) is 42.0 Å². The summed E-state index contributed by atoms with van der Waals surface area (Å²) in [4.78, 5) is 0.204. The molecule has 2 aliphatic rings. The maximum Gasteiger partial charge on any atom is 0.294 e. The normalized spacial score (nSPS) is 18.8. The Kier molecular flexibility index (Phi) is 3.49. The fourth-order valence-electron chi connectivity index (χ4n) is 3.04. The van der Waals surface area contributed by atoms with Crippen molar-refractivity contribution >= 4 is 16.1 Å². The predicted octanol–water partition coefficient (Wildman–Crippen LogP) is 2.83. The third-order valence-corrected chi connectivity index (χ3v) is 5.99. The number of benzene rings is 2. The van der Waals surface area contributed by atoms with Gasteiger partial charge in [0.15, 0.2) is 0 Å². The van der Waals surface area contributed by atoms with Crippen LogP contribution in [0.25, 0.3) is 6.08 Å². The van der Waals surface area contributed by atoms with E-state index in [0.29, 0.717) is 18.8 Å². The summed E-state index contributed by atoms with van der Waals surface area (Å²) in [6.45, 7) is 2.59. The first kappa shape index (κ1) is 15.4. The Morgan fingerprint density at radius 2 is 1.67 bits per heavy atom. The van der Waals surface area contributed by atoms with Crippen molar-refractivity contribution in [2.75, 3.05) is 13.2 Å². The van der Waals surface area contributed by atoms with Crippen LogP contribution >= 0.6 is 0 Å². The fraction of sp³-hybridized carbons (Fsp3) is 0.222. The van der Waals surface area contributed by atoms with Gasteiger partial charge in [0, 0.05) is 11.8 Å². The van der Waals surface area contributed by atoms with Gasteiger partial charge in [-0.05, 0) is 30.7 Å². The van der Waals surface area contributed by atoms with Crippen LogP contribution in [0, 0.1) is 6.92 Å². The number of hydrogen-bond donors (Lipinski definition) is 0. The Morgan fingerprint density at radius 3 is 2.38 bits per heavy atom. The van der Waals surface area contributed by atoms with E-state index < -0.39 is 15.9 Å². The van der Waals surface area contributed by atoms with Gasteiger partial charge < -0.3 is 9.47 Å². The van der Waals surface area contributed by atoms with E-state index in [4.69, 9.17) is 9.47 Å². The smallest absolute Gasteiger partial charge is 0.294 e. The molecular weight excluding hydrogens is 326 g/mol. The molecule has 4 rings (SSSR count). The lowest BCUT2D eigenvalue weighted by atomic mass is 10.0. The molecule has 0 aliphatic carbocycles. The standard InChI is InChI=1S/C18H17NO4S/c1-14-6-8-16(9-7-14)24(20,21)19-11-10-15-4-2-3-5-17(15)18(19)22-12-13-23-18/h2-11H,12-13H2,1H3. The minimum atomic E-state index is -3.82. The molecule has 2 aromatic carbocycles. The van der Waals surface area contributed by atoms with Gasteiger partial charge in [-0.2, -0.15) is 0 Å². The summed E-state index contributed by atoms with van der Waals surface area (Å²) in [7, 11) is -3.82. The highest BCUT2D eigenvalue weighted by atomic mass is 32.2. The van der Waals surface area contributed by atoms with Crippen molar-refractivity contribution < 1.29 is 17.9 Å². The molecule has 1 fully saturated rings. The number of aryl methyl sites for hydroxylation is 1. The number of ether oxygens (including phenoxy) is 2. The van der Waals surface area contributed by atoms with Crippen LogP contribution in [0.3, 0.4) is 0 Å². The van der Waals surface area contributed by atoms with Crippen molar-refractivity contribution in [3.63, 3.8) is 0 Å². The van der Waals surface area contributed by atoms with Gasteiger partial charge in [0.25, 0.3) is 15.9 Å². The Morgan fingerprint density at radius 1 is 1.00 bits per heavy atom. The van der Waals surface area contributed by atoms with Crippen LogP contribution in [0.2, 0.25) is 0 Å². The van der Waals surface area contributed by atoms with Crippen LogP contribution in [-0.4, -0.2) is 25.9 Å². The van der Waals surface area contributed by atoms with Crippen LogP contribution in [0.4, 0.5) is 0 Å². The molecule has 1 saturated heterocycles. The molecule has 124 valence electrons. The van der Waals surface area contributed by atoms with Crippen molar-refractivity contribution in [1.29, 1.82) is 0 Å². The predicted molar refractivity (Wildman–Crippen MR) is 89.3 cm³/mol. The number of fused-ring (bicyclic) bond motifs is 2. The Balaban J connectivity index is 1.87.